The highest BCUT2D eigenvalue weighted by atomic mass is 35.5. The number of carbonyl (C=O) groups is 2. The van der Waals surface area contributed by atoms with Crippen molar-refractivity contribution in [3.8, 4) is 0 Å². The molecule has 1 aromatic carbocycles. The van der Waals surface area contributed by atoms with Crippen LogP contribution in [0.3, 0.4) is 0 Å². The Morgan fingerprint density at radius 3 is 2.31 bits per heavy atom. The first-order chi connectivity index (χ1) is 13.7. The van der Waals surface area contributed by atoms with Gasteiger partial charge in [0, 0.05) is 11.6 Å². The monoisotopic (exact) mass is 420 g/mol. The van der Waals surface area contributed by atoms with E-state index in [-0.39, 0.29) is 11.9 Å². The van der Waals surface area contributed by atoms with Crippen molar-refractivity contribution < 1.29 is 14.3 Å². The Balaban J connectivity index is 1.63. The SMILES string of the molecule is CC(C)(C)OC(=O)NC(CNC(=O)C1(c2ccc(Cl)cc2)CC1)C1CCCCC1. The first-order valence-electron chi connectivity index (χ1n) is 10.7. The van der Waals surface area contributed by atoms with Gasteiger partial charge in [0.2, 0.25) is 5.91 Å². The molecule has 2 N–H and O–H groups in total. The number of hydrogen-bond acceptors (Lipinski definition) is 3. The van der Waals surface area contributed by atoms with Gasteiger partial charge in [-0.3, -0.25) is 4.79 Å². The molecule has 160 valence electrons. The molecule has 2 saturated carbocycles. The zero-order valence-corrected chi connectivity index (χ0v) is 18.5. The van der Waals surface area contributed by atoms with Gasteiger partial charge in [-0.2, -0.15) is 0 Å². The quantitative estimate of drug-likeness (QED) is 0.683. The number of hydrogen-bond donors (Lipinski definition) is 2. The molecule has 1 aromatic rings. The lowest BCUT2D eigenvalue weighted by Gasteiger charge is -2.32. The highest BCUT2D eigenvalue weighted by Gasteiger charge is 2.51. The molecule has 0 aliphatic heterocycles. The van der Waals surface area contributed by atoms with Gasteiger partial charge in [0.1, 0.15) is 5.60 Å². The summed E-state index contributed by atoms with van der Waals surface area (Å²) in [4.78, 5) is 25.4. The number of alkyl carbamates (subject to hydrolysis) is 1. The average Bonchev–Trinajstić information content (AvgIpc) is 3.46. The highest BCUT2D eigenvalue weighted by molar-refractivity contribution is 6.30. The van der Waals surface area contributed by atoms with E-state index in [0.29, 0.717) is 17.5 Å². The topological polar surface area (TPSA) is 67.4 Å². The van der Waals surface area contributed by atoms with Crippen molar-refractivity contribution in [3.63, 3.8) is 0 Å². The Morgan fingerprint density at radius 2 is 1.76 bits per heavy atom. The predicted octanol–water partition coefficient (Wildman–Crippen LogP) is 4.96. The minimum Gasteiger partial charge on any atom is -0.444 e. The second-order valence-corrected chi connectivity index (χ2v) is 9.89. The van der Waals surface area contributed by atoms with Crippen LogP contribution in [-0.4, -0.2) is 30.2 Å². The first-order valence-corrected chi connectivity index (χ1v) is 11.1. The molecule has 2 aliphatic carbocycles. The zero-order valence-electron chi connectivity index (χ0n) is 17.7. The zero-order chi connectivity index (χ0) is 21.1. The third-order valence-corrected chi connectivity index (χ3v) is 6.24. The first kappa shape index (κ1) is 21.9. The van der Waals surface area contributed by atoms with Crippen molar-refractivity contribution in [1.82, 2.24) is 10.6 Å². The Bertz CT molecular complexity index is 717. The van der Waals surface area contributed by atoms with Crippen molar-refractivity contribution >= 4 is 23.6 Å². The van der Waals surface area contributed by atoms with Crippen LogP contribution in [0.5, 0.6) is 0 Å². The molecule has 3 rings (SSSR count). The van der Waals surface area contributed by atoms with Crippen LogP contribution in [0.2, 0.25) is 5.02 Å². The summed E-state index contributed by atoms with van der Waals surface area (Å²) in [6.07, 6.45) is 6.97. The van der Waals surface area contributed by atoms with Gasteiger partial charge in [-0.05, 0) is 70.1 Å². The van der Waals surface area contributed by atoms with Crippen molar-refractivity contribution in [3.05, 3.63) is 34.9 Å². The fraction of sp³-hybridized carbons (Fsp3) is 0.652. The standard InChI is InChI=1S/C23H33ClN2O3/c1-22(2,3)29-21(28)26-19(16-7-5-4-6-8-16)15-25-20(27)23(13-14-23)17-9-11-18(24)12-10-17/h9-12,16,19H,4-8,13-15H2,1-3H3,(H,25,27)(H,26,28). The van der Waals surface area contributed by atoms with Gasteiger partial charge in [0.05, 0.1) is 11.5 Å². The fourth-order valence-corrected chi connectivity index (χ4v) is 4.37. The lowest BCUT2D eigenvalue weighted by molar-refractivity contribution is -0.123. The lowest BCUT2D eigenvalue weighted by Crippen LogP contribution is -2.51. The number of carbonyl (C=O) groups excluding carboxylic acids is 2. The molecular formula is C23H33ClN2O3. The molecule has 2 aliphatic rings. The summed E-state index contributed by atoms with van der Waals surface area (Å²) >= 11 is 5.99. The minimum atomic E-state index is -0.545. The van der Waals surface area contributed by atoms with Crippen LogP contribution >= 0.6 is 11.6 Å². The van der Waals surface area contributed by atoms with E-state index < -0.39 is 17.1 Å². The van der Waals surface area contributed by atoms with E-state index in [1.165, 1.54) is 19.3 Å². The maximum Gasteiger partial charge on any atom is 0.407 e. The van der Waals surface area contributed by atoms with Crippen LogP contribution in [0, 0.1) is 5.92 Å². The van der Waals surface area contributed by atoms with E-state index in [2.05, 4.69) is 10.6 Å². The molecule has 6 heteroatoms. The van der Waals surface area contributed by atoms with E-state index in [4.69, 9.17) is 16.3 Å². The number of nitrogens with one attached hydrogen (secondary N) is 2. The number of halogens is 1. The van der Waals surface area contributed by atoms with E-state index in [9.17, 15) is 9.59 Å². The van der Waals surface area contributed by atoms with Gasteiger partial charge in [-0.15, -0.1) is 0 Å². The fourth-order valence-electron chi connectivity index (χ4n) is 4.24. The van der Waals surface area contributed by atoms with Crippen LogP contribution < -0.4 is 10.6 Å². The molecule has 5 nitrogen and oxygen atoms in total. The van der Waals surface area contributed by atoms with Gasteiger partial charge >= 0.3 is 6.09 Å². The lowest BCUT2D eigenvalue weighted by atomic mass is 9.83. The highest BCUT2D eigenvalue weighted by Crippen LogP contribution is 2.48. The molecule has 0 heterocycles. The van der Waals surface area contributed by atoms with Crippen molar-refractivity contribution in [2.45, 2.75) is 82.8 Å². The van der Waals surface area contributed by atoms with Crippen LogP contribution in [0.1, 0.15) is 71.3 Å². The third-order valence-electron chi connectivity index (χ3n) is 5.98. The van der Waals surface area contributed by atoms with Crippen LogP contribution in [0.15, 0.2) is 24.3 Å². The minimum absolute atomic E-state index is 0.0339. The van der Waals surface area contributed by atoms with Gasteiger partial charge < -0.3 is 15.4 Å². The van der Waals surface area contributed by atoms with E-state index in [1.54, 1.807) is 0 Å². The van der Waals surface area contributed by atoms with Crippen molar-refractivity contribution in [2.24, 2.45) is 5.92 Å². The van der Waals surface area contributed by atoms with Crippen molar-refractivity contribution in [1.29, 1.82) is 0 Å². The Morgan fingerprint density at radius 1 is 1.14 bits per heavy atom. The van der Waals surface area contributed by atoms with Crippen LogP contribution in [-0.2, 0) is 14.9 Å². The largest absolute Gasteiger partial charge is 0.444 e. The van der Waals surface area contributed by atoms with Gasteiger partial charge in [0.15, 0.2) is 0 Å². The molecular weight excluding hydrogens is 388 g/mol. The van der Waals surface area contributed by atoms with E-state index in [0.717, 1.165) is 31.2 Å². The Kier molecular flexibility index (Phi) is 6.77. The number of rotatable bonds is 6. The molecule has 0 aromatic heterocycles. The summed E-state index contributed by atoms with van der Waals surface area (Å²) < 4.78 is 5.45. The molecule has 1 unspecified atom stereocenters. The molecule has 2 amide bonds. The second-order valence-electron chi connectivity index (χ2n) is 9.45. The summed E-state index contributed by atoms with van der Waals surface area (Å²) in [6, 6.07) is 7.42. The van der Waals surface area contributed by atoms with Gasteiger partial charge in [-0.25, -0.2) is 4.79 Å². The van der Waals surface area contributed by atoms with Crippen LogP contribution in [0.25, 0.3) is 0 Å². The number of ether oxygens (including phenoxy) is 1. The molecule has 29 heavy (non-hydrogen) atoms. The normalized spacial score (nSPS) is 19.9. The van der Waals surface area contributed by atoms with E-state index in [1.807, 2.05) is 45.0 Å². The summed E-state index contributed by atoms with van der Waals surface area (Å²) in [5.41, 5.74) is 0.0128. The molecule has 1 atom stereocenters. The number of amides is 2. The average molecular weight is 421 g/mol. The molecule has 0 radical (unpaired) electrons. The summed E-state index contributed by atoms with van der Waals surface area (Å²) in [6.45, 7) is 5.99. The molecule has 0 bridgehead atoms. The summed E-state index contributed by atoms with van der Waals surface area (Å²) in [5.74, 6) is 0.397. The maximum atomic E-state index is 13.0. The predicted molar refractivity (Wildman–Crippen MR) is 115 cm³/mol. The third kappa shape index (κ3) is 5.88. The number of benzene rings is 1. The van der Waals surface area contributed by atoms with Gasteiger partial charge in [-0.1, -0.05) is 43.0 Å². The Labute approximate surface area is 178 Å². The Hall–Kier alpha value is -1.75. The van der Waals surface area contributed by atoms with Crippen LogP contribution in [0.4, 0.5) is 4.79 Å². The van der Waals surface area contributed by atoms with E-state index >= 15 is 0 Å². The molecule has 2 fully saturated rings. The molecule has 0 spiro atoms. The second kappa shape index (κ2) is 8.95. The maximum absolute atomic E-state index is 13.0. The van der Waals surface area contributed by atoms with Gasteiger partial charge in [0.25, 0.3) is 0 Å². The molecule has 0 saturated heterocycles. The van der Waals surface area contributed by atoms with Crippen molar-refractivity contribution in [2.75, 3.05) is 6.54 Å². The smallest absolute Gasteiger partial charge is 0.407 e. The summed E-state index contributed by atoms with van der Waals surface area (Å²) in [5, 5.41) is 6.82. The summed E-state index contributed by atoms with van der Waals surface area (Å²) in [7, 11) is 0.